The minimum Gasteiger partial charge on any atom is -0.473 e. The van der Waals surface area contributed by atoms with Crippen LogP contribution in [0.5, 0.6) is 5.88 Å². The Hall–Kier alpha value is -1.92. The van der Waals surface area contributed by atoms with Crippen molar-refractivity contribution in [2.75, 3.05) is 11.9 Å². The molecule has 7 heteroatoms. The molecule has 0 bridgehead atoms. The third-order valence-corrected chi connectivity index (χ3v) is 3.11. The van der Waals surface area contributed by atoms with Crippen LogP contribution in [0.2, 0.25) is 0 Å². The van der Waals surface area contributed by atoms with Crippen molar-refractivity contribution in [1.29, 1.82) is 0 Å². The quantitative estimate of drug-likeness (QED) is 0.628. The van der Waals surface area contributed by atoms with Crippen LogP contribution in [0.3, 0.4) is 0 Å². The van der Waals surface area contributed by atoms with Crippen molar-refractivity contribution >= 4 is 11.5 Å². The summed E-state index contributed by atoms with van der Waals surface area (Å²) in [6, 6.07) is 0.257. The molecule has 0 radical (unpaired) electrons. The van der Waals surface area contributed by atoms with E-state index in [9.17, 15) is 10.1 Å². The highest BCUT2D eigenvalue weighted by molar-refractivity contribution is 5.61. The standard InChI is InChI=1S/C12H18N4O3/c1-2-7-19-12-10(16(17)18)11(13-8-14-12)15-9-5-3-4-6-9/h8-9H,2-7H2,1H3,(H,13,14,15). The average molecular weight is 266 g/mol. The zero-order valence-corrected chi connectivity index (χ0v) is 11.0. The number of nitrogens with one attached hydrogen (secondary N) is 1. The van der Waals surface area contributed by atoms with E-state index in [0.29, 0.717) is 6.61 Å². The van der Waals surface area contributed by atoms with Crippen molar-refractivity contribution in [1.82, 2.24) is 9.97 Å². The topological polar surface area (TPSA) is 90.2 Å². The van der Waals surface area contributed by atoms with Gasteiger partial charge in [-0.15, -0.1) is 0 Å². The summed E-state index contributed by atoms with van der Waals surface area (Å²) >= 11 is 0. The van der Waals surface area contributed by atoms with E-state index in [0.717, 1.165) is 32.1 Å². The lowest BCUT2D eigenvalue weighted by Crippen LogP contribution is -2.17. The van der Waals surface area contributed by atoms with Gasteiger partial charge in [0.2, 0.25) is 5.82 Å². The van der Waals surface area contributed by atoms with Crippen molar-refractivity contribution in [3.63, 3.8) is 0 Å². The lowest BCUT2D eigenvalue weighted by molar-refractivity contribution is -0.385. The molecular formula is C12H18N4O3. The maximum atomic E-state index is 11.2. The number of hydrogen-bond acceptors (Lipinski definition) is 6. The molecule has 1 fully saturated rings. The summed E-state index contributed by atoms with van der Waals surface area (Å²) in [6.45, 7) is 2.34. The van der Waals surface area contributed by atoms with Crippen molar-refractivity contribution in [2.24, 2.45) is 0 Å². The van der Waals surface area contributed by atoms with Gasteiger partial charge in [-0.25, -0.2) is 4.98 Å². The number of aromatic nitrogens is 2. The molecule has 1 aromatic heterocycles. The smallest absolute Gasteiger partial charge is 0.372 e. The Kier molecular flexibility index (Phi) is 4.48. The Morgan fingerprint density at radius 3 is 2.84 bits per heavy atom. The summed E-state index contributed by atoms with van der Waals surface area (Å²) in [5, 5.41) is 14.3. The van der Waals surface area contributed by atoms with E-state index in [2.05, 4.69) is 15.3 Å². The van der Waals surface area contributed by atoms with E-state index in [-0.39, 0.29) is 23.4 Å². The van der Waals surface area contributed by atoms with Crippen LogP contribution >= 0.6 is 0 Å². The second-order valence-electron chi connectivity index (χ2n) is 4.61. The fourth-order valence-electron chi connectivity index (χ4n) is 2.20. The maximum Gasteiger partial charge on any atom is 0.372 e. The SMILES string of the molecule is CCCOc1ncnc(NC2CCCC2)c1[N+](=O)[O-]. The molecule has 1 saturated carbocycles. The van der Waals surface area contributed by atoms with Crippen molar-refractivity contribution in [3.05, 3.63) is 16.4 Å². The van der Waals surface area contributed by atoms with Crippen molar-refractivity contribution < 1.29 is 9.66 Å². The molecule has 0 unspecified atom stereocenters. The molecule has 0 saturated heterocycles. The molecule has 1 aliphatic carbocycles. The van der Waals surface area contributed by atoms with Crippen LogP contribution in [-0.2, 0) is 0 Å². The fraction of sp³-hybridized carbons (Fsp3) is 0.667. The van der Waals surface area contributed by atoms with Gasteiger partial charge in [0.1, 0.15) is 6.33 Å². The first-order chi connectivity index (χ1) is 9.22. The molecule has 2 rings (SSSR count). The van der Waals surface area contributed by atoms with Crippen LogP contribution in [0, 0.1) is 10.1 Å². The molecule has 0 amide bonds. The number of ether oxygens (including phenoxy) is 1. The Balaban J connectivity index is 2.22. The maximum absolute atomic E-state index is 11.2. The monoisotopic (exact) mass is 266 g/mol. The van der Waals surface area contributed by atoms with Gasteiger partial charge >= 0.3 is 5.69 Å². The lowest BCUT2D eigenvalue weighted by atomic mass is 10.2. The Labute approximate surface area is 111 Å². The lowest BCUT2D eigenvalue weighted by Gasteiger charge is -2.13. The van der Waals surface area contributed by atoms with Crippen LogP contribution in [0.1, 0.15) is 39.0 Å². The van der Waals surface area contributed by atoms with Crippen LogP contribution in [-0.4, -0.2) is 27.5 Å². The van der Waals surface area contributed by atoms with Crippen LogP contribution in [0.15, 0.2) is 6.33 Å². The van der Waals surface area contributed by atoms with Crippen LogP contribution in [0.4, 0.5) is 11.5 Å². The van der Waals surface area contributed by atoms with E-state index in [1.54, 1.807) is 0 Å². The molecule has 1 N–H and O–H groups in total. The van der Waals surface area contributed by atoms with Crippen LogP contribution < -0.4 is 10.1 Å². The minimum atomic E-state index is -0.484. The summed E-state index contributed by atoms with van der Waals surface area (Å²) < 4.78 is 5.32. The molecule has 0 atom stereocenters. The van der Waals surface area contributed by atoms with Gasteiger partial charge < -0.3 is 10.1 Å². The Morgan fingerprint density at radius 1 is 1.47 bits per heavy atom. The third kappa shape index (κ3) is 3.30. The average Bonchev–Trinajstić information content (AvgIpc) is 2.89. The summed E-state index contributed by atoms with van der Waals surface area (Å²) in [4.78, 5) is 18.5. The first-order valence-corrected chi connectivity index (χ1v) is 6.61. The van der Waals surface area contributed by atoms with Gasteiger partial charge in [-0.1, -0.05) is 19.8 Å². The highest BCUT2D eigenvalue weighted by Gasteiger charge is 2.26. The number of nitrogens with zero attached hydrogens (tertiary/aromatic N) is 3. The predicted octanol–water partition coefficient (Wildman–Crippen LogP) is 2.53. The second-order valence-corrected chi connectivity index (χ2v) is 4.61. The molecular weight excluding hydrogens is 248 g/mol. The number of nitro groups is 1. The van der Waals surface area contributed by atoms with E-state index < -0.39 is 4.92 Å². The molecule has 104 valence electrons. The molecule has 1 aliphatic rings. The van der Waals surface area contributed by atoms with E-state index in [1.807, 2.05) is 6.92 Å². The van der Waals surface area contributed by atoms with Gasteiger partial charge in [0.15, 0.2) is 0 Å². The highest BCUT2D eigenvalue weighted by Crippen LogP contribution is 2.33. The summed E-state index contributed by atoms with van der Waals surface area (Å²) in [7, 11) is 0. The molecule has 0 aliphatic heterocycles. The van der Waals surface area contributed by atoms with Gasteiger partial charge in [-0.3, -0.25) is 10.1 Å². The first-order valence-electron chi connectivity index (χ1n) is 6.61. The summed E-state index contributed by atoms with van der Waals surface area (Å²) in [6.07, 6.45) is 6.41. The predicted molar refractivity (Wildman–Crippen MR) is 70.4 cm³/mol. The zero-order valence-electron chi connectivity index (χ0n) is 11.0. The summed E-state index contributed by atoms with van der Waals surface area (Å²) in [5.74, 6) is 0.306. The van der Waals surface area contributed by atoms with E-state index in [4.69, 9.17) is 4.74 Å². The van der Waals surface area contributed by atoms with Crippen molar-refractivity contribution in [3.8, 4) is 5.88 Å². The van der Waals surface area contributed by atoms with Gasteiger partial charge in [-0.2, -0.15) is 4.98 Å². The molecule has 19 heavy (non-hydrogen) atoms. The number of hydrogen-bond donors (Lipinski definition) is 1. The zero-order chi connectivity index (χ0) is 13.7. The molecule has 0 spiro atoms. The second kappa shape index (κ2) is 6.31. The van der Waals surface area contributed by atoms with Gasteiger partial charge in [0.25, 0.3) is 5.88 Å². The minimum absolute atomic E-state index is 0.0438. The number of anilines is 1. The number of rotatable bonds is 6. The first kappa shape index (κ1) is 13.5. The van der Waals surface area contributed by atoms with E-state index >= 15 is 0 Å². The third-order valence-electron chi connectivity index (χ3n) is 3.11. The Bertz CT molecular complexity index is 447. The molecule has 0 aromatic carbocycles. The summed E-state index contributed by atoms with van der Waals surface area (Å²) in [5.41, 5.74) is -0.164. The molecule has 7 nitrogen and oxygen atoms in total. The molecule has 1 aromatic rings. The van der Waals surface area contributed by atoms with Crippen LogP contribution in [0.25, 0.3) is 0 Å². The highest BCUT2D eigenvalue weighted by atomic mass is 16.6. The normalized spacial score (nSPS) is 15.4. The van der Waals surface area contributed by atoms with Gasteiger partial charge in [0, 0.05) is 6.04 Å². The van der Waals surface area contributed by atoms with E-state index in [1.165, 1.54) is 6.33 Å². The Morgan fingerprint density at radius 2 is 2.21 bits per heavy atom. The van der Waals surface area contributed by atoms with Gasteiger partial charge in [-0.05, 0) is 19.3 Å². The largest absolute Gasteiger partial charge is 0.473 e. The molecule has 1 heterocycles. The van der Waals surface area contributed by atoms with Crippen molar-refractivity contribution in [2.45, 2.75) is 45.1 Å². The van der Waals surface area contributed by atoms with Gasteiger partial charge in [0.05, 0.1) is 11.5 Å². The fourth-order valence-corrected chi connectivity index (χ4v) is 2.20.